The summed E-state index contributed by atoms with van der Waals surface area (Å²) in [5, 5.41) is 0. The van der Waals surface area contributed by atoms with Gasteiger partial charge in [-0.2, -0.15) is 73.2 Å². The third-order valence-electron chi connectivity index (χ3n) is 5.01. The summed E-state index contributed by atoms with van der Waals surface area (Å²) in [6.07, 6.45) is 3.95. The highest BCUT2D eigenvalue weighted by Crippen LogP contribution is 2.52. The molecule has 14 heteroatoms. The van der Waals surface area contributed by atoms with Crippen LogP contribution in [0.1, 0.15) is 40.0 Å². The molecular weight excluding hydrogens is 756 g/mol. The van der Waals surface area contributed by atoms with Crippen LogP contribution in [-0.2, 0) is 0 Å². The van der Waals surface area contributed by atoms with Crippen LogP contribution < -0.4 is 0 Å². The Bertz CT molecular complexity index is 503. The summed E-state index contributed by atoms with van der Waals surface area (Å²) in [6, 6.07) is 0. The summed E-state index contributed by atoms with van der Waals surface area (Å²) >= 11 is 42.9. The molecule has 2 heterocycles. The SMILES string of the molecule is CC1(C(Cl)Cl)SCCCS1.CC1(C(SCCSCCS)SCCSCCS)SCCCS1.CCCSCCS. The van der Waals surface area contributed by atoms with Crippen molar-refractivity contribution in [3.8, 4) is 0 Å². The van der Waals surface area contributed by atoms with Crippen molar-refractivity contribution in [3.05, 3.63) is 0 Å². The fourth-order valence-corrected chi connectivity index (χ4v) is 16.9. The minimum atomic E-state index is -0.247. The van der Waals surface area contributed by atoms with Crippen LogP contribution >= 0.6 is 167 Å². The Labute approximate surface area is 307 Å². The van der Waals surface area contributed by atoms with E-state index < -0.39 is 0 Å². The number of alkyl halides is 2. The minimum absolute atomic E-state index is 0.0430. The molecule has 2 aliphatic rings. The van der Waals surface area contributed by atoms with Gasteiger partial charge in [0.1, 0.15) is 4.84 Å². The molecule has 0 nitrogen and oxygen atoms in total. The summed E-state index contributed by atoms with van der Waals surface area (Å²) in [6.45, 7) is 6.80. The molecule has 0 amide bonds. The lowest BCUT2D eigenvalue weighted by molar-refractivity contribution is 0.945. The van der Waals surface area contributed by atoms with Crippen molar-refractivity contribution in [1.29, 1.82) is 0 Å². The van der Waals surface area contributed by atoms with Gasteiger partial charge >= 0.3 is 0 Å². The Morgan fingerprint density at radius 1 is 0.615 bits per heavy atom. The van der Waals surface area contributed by atoms with Crippen LogP contribution in [-0.4, -0.2) is 104 Å². The Kier molecular flexibility index (Phi) is 33.8. The average Bonchev–Trinajstić information content (AvgIpc) is 2.93. The Hall–Kier alpha value is 4.78. The van der Waals surface area contributed by atoms with E-state index in [0.717, 1.165) is 21.8 Å². The van der Waals surface area contributed by atoms with Gasteiger partial charge in [-0.3, -0.25) is 0 Å². The maximum Gasteiger partial charge on any atom is 0.131 e. The van der Waals surface area contributed by atoms with E-state index in [2.05, 4.69) is 106 Å². The van der Waals surface area contributed by atoms with Crippen LogP contribution in [0.4, 0.5) is 0 Å². The highest BCUT2D eigenvalue weighted by atomic mass is 35.5. The van der Waals surface area contributed by atoms with E-state index in [1.165, 1.54) is 88.3 Å². The zero-order valence-corrected chi connectivity index (χ0v) is 35.2. The fraction of sp³-hybridized carbons (Fsp3) is 1.00. The Morgan fingerprint density at radius 2 is 1.00 bits per heavy atom. The molecule has 0 saturated carbocycles. The van der Waals surface area contributed by atoms with Crippen LogP contribution in [0.3, 0.4) is 0 Å². The van der Waals surface area contributed by atoms with Crippen LogP contribution in [0.25, 0.3) is 0 Å². The monoisotopic (exact) mass is 804 g/mol. The van der Waals surface area contributed by atoms with Crippen molar-refractivity contribution >= 4 is 167 Å². The van der Waals surface area contributed by atoms with Gasteiger partial charge in [0.05, 0.1) is 12.7 Å². The first-order chi connectivity index (χ1) is 18.8. The zero-order valence-electron chi connectivity index (χ0n) is 23.7. The van der Waals surface area contributed by atoms with E-state index in [9.17, 15) is 0 Å². The smallest absolute Gasteiger partial charge is 0.131 e. The molecule has 236 valence electrons. The van der Waals surface area contributed by atoms with E-state index >= 15 is 0 Å². The van der Waals surface area contributed by atoms with Gasteiger partial charge < -0.3 is 0 Å². The molecule has 0 spiro atoms. The molecule has 2 saturated heterocycles. The minimum Gasteiger partial charge on any atom is -0.179 e. The molecule has 0 aromatic heterocycles. The summed E-state index contributed by atoms with van der Waals surface area (Å²) in [7, 11) is 0. The Morgan fingerprint density at radius 3 is 1.33 bits per heavy atom. The van der Waals surface area contributed by atoms with Crippen molar-refractivity contribution in [2.75, 3.05) is 86.3 Å². The van der Waals surface area contributed by atoms with Crippen molar-refractivity contribution < 1.29 is 0 Å². The van der Waals surface area contributed by atoms with Crippen molar-refractivity contribution in [2.24, 2.45) is 0 Å². The molecule has 0 aliphatic carbocycles. The van der Waals surface area contributed by atoms with Crippen LogP contribution in [0.2, 0.25) is 0 Å². The van der Waals surface area contributed by atoms with Gasteiger partial charge in [-0.05, 0) is 79.1 Å². The normalized spacial score (nSPS) is 18.3. The lowest BCUT2D eigenvalue weighted by Gasteiger charge is -2.38. The van der Waals surface area contributed by atoms with E-state index in [4.69, 9.17) is 23.2 Å². The van der Waals surface area contributed by atoms with E-state index in [-0.39, 0.29) is 8.92 Å². The van der Waals surface area contributed by atoms with Crippen LogP contribution in [0.5, 0.6) is 0 Å². The second-order valence-electron chi connectivity index (χ2n) is 8.52. The van der Waals surface area contributed by atoms with E-state index in [0.29, 0.717) is 4.08 Å². The molecule has 2 aliphatic heterocycles. The quantitative estimate of drug-likeness (QED) is 0.0532. The third kappa shape index (κ3) is 23.7. The number of hydrogen-bond acceptors (Lipinski definition) is 12. The first-order valence-corrected chi connectivity index (χ1v) is 25.7. The molecule has 2 rings (SSSR count). The second-order valence-corrected chi connectivity index (χ2v) is 24.0. The number of halogens is 2. The summed E-state index contributed by atoms with van der Waals surface area (Å²) in [5.74, 6) is 18.0. The van der Waals surface area contributed by atoms with Gasteiger partial charge in [0.15, 0.2) is 0 Å². The molecule has 0 atom stereocenters. The van der Waals surface area contributed by atoms with Crippen LogP contribution in [0, 0.1) is 0 Å². The van der Waals surface area contributed by atoms with Gasteiger partial charge in [0.2, 0.25) is 0 Å². The molecule has 2 fully saturated rings. The largest absolute Gasteiger partial charge is 0.179 e. The maximum absolute atomic E-state index is 5.82. The zero-order chi connectivity index (χ0) is 29.2. The Balaban J connectivity index is 0.000000694. The number of rotatable bonds is 18. The van der Waals surface area contributed by atoms with Gasteiger partial charge in [-0.15, -0.1) is 93.8 Å². The molecule has 0 N–H and O–H groups in total. The molecule has 0 radical (unpaired) electrons. The van der Waals surface area contributed by atoms with Crippen molar-refractivity contribution in [1.82, 2.24) is 0 Å². The molecule has 0 aromatic carbocycles. The molecular formula is C25H50Cl2S12. The number of thioether (sulfide) groups is 9. The first kappa shape index (κ1) is 43.8. The third-order valence-corrected chi connectivity index (χ3v) is 22.1. The van der Waals surface area contributed by atoms with E-state index in [1.54, 1.807) is 0 Å². The summed E-state index contributed by atoms with van der Waals surface area (Å²) < 4.78 is 1.16. The van der Waals surface area contributed by atoms with Gasteiger partial charge in [-0.25, -0.2) is 0 Å². The molecule has 0 bridgehead atoms. The summed E-state index contributed by atoms with van der Waals surface area (Å²) in [4.78, 5) is -0.247. The highest BCUT2D eigenvalue weighted by molar-refractivity contribution is 8.25. The predicted octanol–water partition coefficient (Wildman–Crippen LogP) is 11.1. The lowest BCUT2D eigenvalue weighted by Crippen LogP contribution is -2.32. The first-order valence-electron chi connectivity index (χ1n) is 13.4. The van der Waals surface area contributed by atoms with Gasteiger partial charge in [-0.1, -0.05) is 6.92 Å². The second kappa shape index (κ2) is 30.1. The molecule has 39 heavy (non-hydrogen) atoms. The molecule has 0 aromatic rings. The van der Waals surface area contributed by atoms with Crippen molar-refractivity contribution in [2.45, 2.75) is 57.6 Å². The fourth-order valence-electron chi connectivity index (χ4n) is 2.99. The number of hydrogen-bond donors (Lipinski definition) is 3. The maximum atomic E-state index is 5.82. The predicted molar refractivity (Wildman–Crippen MR) is 224 cm³/mol. The van der Waals surface area contributed by atoms with Gasteiger partial charge in [0.25, 0.3) is 0 Å². The average molecular weight is 806 g/mol. The lowest BCUT2D eigenvalue weighted by atomic mass is 10.5. The van der Waals surface area contributed by atoms with Crippen molar-refractivity contribution in [3.63, 3.8) is 0 Å². The highest BCUT2D eigenvalue weighted by Gasteiger charge is 2.37. The standard InChI is InChI=1S/C14H28S8.C6H10Cl2S2.C5H12S2/c1-14(21-5-2-6-22-14)13(19-11-9-17-7-3-15)20-12-10-18-8-4-16;1-6(5(7)8)9-3-2-4-10-6;1-2-4-7-5-3-6/h13,15-16H,2-12H2,1H3;5H,2-4H2,1H3;6H,2-5H2,1H3. The van der Waals surface area contributed by atoms with Crippen LogP contribution in [0.15, 0.2) is 0 Å². The van der Waals surface area contributed by atoms with Gasteiger partial charge in [0, 0.05) is 40.3 Å². The molecule has 0 unspecified atom stereocenters. The number of thiol groups is 3. The topological polar surface area (TPSA) is 0 Å². The summed E-state index contributed by atoms with van der Waals surface area (Å²) in [5.41, 5.74) is 0. The van der Waals surface area contributed by atoms with E-state index in [1.807, 2.05) is 58.8 Å².